The second-order valence-corrected chi connectivity index (χ2v) is 3.80. The van der Waals surface area contributed by atoms with Crippen molar-refractivity contribution in [3.63, 3.8) is 0 Å². The molecule has 0 fully saturated rings. The van der Waals surface area contributed by atoms with Crippen LogP contribution in [0.5, 0.6) is 0 Å². The summed E-state index contributed by atoms with van der Waals surface area (Å²) in [5.41, 5.74) is 2.59. The molecule has 2 heteroatoms. The molecule has 0 aliphatic rings. The van der Waals surface area contributed by atoms with Gasteiger partial charge in [-0.25, -0.2) is 0 Å². The lowest BCUT2D eigenvalue weighted by Crippen LogP contribution is -2.28. The van der Waals surface area contributed by atoms with Gasteiger partial charge in [-0.05, 0) is 42.8 Å². The van der Waals surface area contributed by atoms with Gasteiger partial charge in [-0.2, -0.15) is 11.3 Å². The Labute approximate surface area is 78.1 Å². The minimum absolute atomic E-state index is 0.416. The highest BCUT2D eigenvalue weighted by Gasteiger charge is 2.06. The summed E-state index contributed by atoms with van der Waals surface area (Å²) in [7, 11) is 1.98. The fourth-order valence-electron chi connectivity index (χ4n) is 1.17. The van der Waals surface area contributed by atoms with Crippen molar-refractivity contribution in [1.82, 2.24) is 5.32 Å². The summed E-state index contributed by atoms with van der Waals surface area (Å²) in [6.07, 6.45) is 1.05. The minimum atomic E-state index is 0.416. The van der Waals surface area contributed by atoms with E-state index in [-0.39, 0.29) is 0 Å². The fraction of sp³-hybridized carbons (Fsp3) is 0.400. The molecule has 0 radical (unpaired) electrons. The fourth-order valence-corrected chi connectivity index (χ4v) is 1.85. The van der Waals surface area contributed by atoms with Crippen LogP contribution in [0.3, 0.4) is 0 Å². The molecule has 0 spiro atoms. The van der Waals surface area contributed by atoms with E-state index in [1.165, 1.54) is 11.1 Å². The van der Waals surface area contributed by atoms with Gasteiger partial charge in [0.25, 0.3) is 0 Å². The monoisotopic (exact) mass is 181 g/mol. The van der Waals surface area contributed by atoms with Crippen LogP contribution in [0.15, 0.2) is 29.0 Å². The first-order chi connectivity index (χ1) is 5.74. The van der Waals surface area contributed by atoms with E-state index in [1.807, 2.05) is 7.05 Å². The lowest BCUT2D eigenvalue weighted by Gasteiger charge is -2.14. The molecule has 1 rings (SSSR count). The maximum absolute atomic E-state index is 3.95. The van der Waals surface area contributed by atoms with E-state index in [9.17, 15) is 0 Å². The van der Waals surface area contributed by atoms with Crippen LogP contribution in [-0.4, -0.2) is 13.1 Å². The van der Waals surface area contributed by atoms with E-state index < -0.39 is 0 Å². The third-order valence-electron chi connectivity index (χ3n) is 1.96. The molecule has 0 amide bonds. The van der Waals surface area contributed by atoms with Gasteiger partial charge in [0.15, 0.2) is 0 Å². The summed E-state index contributed by atoms with van der Waals surface area (Å²) in [6.45, 7) is 6.01. The van der Waals surface area contributed by atoms with Gasteiger partial charge in [0, 0.05) is 6.04 Å². The van der Waals surface area contributed by atoms with Gasteiger partial charge >= 0.3 is 0 Å². The predicted molar refractivity (Wildman–Crippen MR) is 55.7 cm³/mol. The summed E-state index contributed by atoms with van der Waals surface area (Å²) in [4.78, 5) is 0. The van der Waals surface area contributed by atoms with E-state index in [0.717, 1.165) is 6.42 Å². The molecule has 1 atom stereocenters. The Kier molecular flexibility index (Phi) is 3.50. The molecule has 1 aromatic rings. The SMILES string of the molecule is C=C(C)C(Cc1ccsc1)NC. The molecule has 0 saturated heterocycles. The molecule has 0 bridgehead atoms. The zero-order chi connectivity index (χ0) is 8.97. The molecule has 0 aliphatic carbocycles. The first-order valence-electron chi connectivity index (χ1n) is 4.07. The molecule has 0 aliphatic heterocycles. The van der Waals surface area contributed by atoms with Gasteiger partial charge in [-0.1, -0.05) is 12.2 Å². The normalized spacial score (nSPS) is 12.8. The van der Waals surface area contributed by atoms with Gasteiger partial charge < -0.3 is 5.32 Å². The number of nitrogens with one attached hydrogen (secondary N) is 1. The minimum Gasteiger partial charge on any atom is -0.313 e. The summed E-state index contributed by atoms with van der Waals surface area (Å²) in [6, 6.07) is 2.58. The highest BCUT2D eigenvalue weighted by Crippen LogP contribution is 2.11. The summed E-state index contributed by atoms with van der Waals surface area (Å²) >= 11 is 1.75. The number of likely N-dealkylation sites (N-methyl/N-ethyl adjacent to an activating group) is 1. The summed E-state index contributed by atoms with van der Waals surface area (Å²) in [5, 5.41) is 7.54. The standard InChI is InChI=1S/C10H15NS/c1-8(2)10(11-3)6-9-4-5-12-7-9/h4-5,7,10-11H,1,6H2,2-3H3. The van der Waals surface area contributed by atoms with E-state index in [4.69, 9.17) is 0 Å². The molecule has 1 heterocycles. The maximum atomic E-state index is 3.95. The Balaban J connectivity index is 2.54. The summed E-state index contributed by atoms with van der Waals surface area (Å²) in [5.74, 6) is 0. The first kappa shape index (κ1) is 9.49. The zero-order valence-corrected chi connectivity index (χ0v) is 8.45. The van der Waals surface area contributed by atoms with E-state index in [1.54, 1.807) is 11.3 Å². The number of rotatable bonds is 4. The van der Waals surface area contributed by atoms with Crippen molar-refractivity contribution in [1.29, 1.82) is 0 Å². The first-order valence-corrected chi connectivity index (χ1v) is 5.02. The number of hydrogen-bond acceptors (Lipinski definition) is 2. The van der Waals surface area contributed by atoms with Crippen molar-refractivity contribution in [3.05, 3.63) is 34.5 Å². The van der Waals surface area contributed by atoms with E-state index in [2.05, 4.69) is 35.6 Å². The molecule has 1 nitrogen and oxygen atoms in total. The molecule has 0 aromatic carbocycles. The van der Waals surface area contributed by atoms with E-state index in [0.29, 0.717) is 6.04 Å². The number of hydrogen-bond donors (Lipinski definition) is 1. The largest absolute Gasteiger partial charge is 0.313 e. The van der Waals surface area contributed by atoms with Crippen LogP contribution >= 0.6 is 11.3 Å². The van der Waals surface area contributed by atoms with Crippen LogP contribution in [0, 0.1) is 0 Å². The van der Waals surface area contributed by atoms with Crippen LogP contribution in [0.4, 0.5) is 0 Å². The predicted octanol–water partition coefficient (Wildman–Crippen LogP) is 2.45. The summed E-state index contributed by atoms with van der Waals surface area (Å²) < 4.78 is 0. The van der Waals surface area contributed by atoms with Gasteiger partial charge in [-0.15, -0.1) is 0 Å². The molecule has 12 heavy (non-hydrogen) atoms. The lowest BCUT2D eigenvalue weighted by molar-refractivity contribution is 0.635. The third-order valence-corrected chi connectivity index (χ3v) is 2.70. The average Bonchev–Trinajstić information content (AvgIpc) is 2.51. The van der Waals surface area contributed by atoms with Crippen molar-refractivity contribution in [3.8, 4) is 0 Å². The molecule has 1 unspecified atom stereocenters. The van der Waals surface area contributed by atoms with Gasteiger partial charge in [0.1, 0.15) is 0 Å². The van der Waals surface area contributed by atoms with Gasteiger partial charge in [0.2, 0.25) is 0 Å². The van der Waals surface area contributed by atoms with Crippen molar-refractivity contribution >= 4 is 11.3 Å². The van der Waals surface area contributed by atoms with Gasteiger partial charge in [-0.3, -0.25) is 0 Å². The van der Waals surface area contributed by atoms with Crippen molar-refractivity contribution in [2.24, 2.45) is 0 Å². The number of thiophene rings is 1. The molecule has 1 aromatic heterocycles. The zero-order valence-electron chi connectivity index (χ0n) is 7.63. The molecule has 0 saturated carbocycles. The Bertz CT molecular complexity index is 238. The topological polar surface area (TPSA) is 12.0 Å². The van der Waals surface area contributed by atoms with Crippen LogP contribution in [0.2, 0.25) is 0 Å². The van der Waals surface area contributed by atoms with Crippen LogP contribution in [-0.2, 0) is 6.42 Å². The second-order valence-electron chi connectivity index (χ2n) is 3.02. The second kappa shape index (κ2) is 4.43. The lowest BCUT2D eigenvalue weighted by atomic mass is 10.0. The van der Waals surface area contributed by atoms with Crippen LogP contribution in [0.25, 0.3) is 0 Å². The Morgan fingerprint density at radius 2 is 2.50 bits per heavy atom. The molecule has 66 valence electrons. The Morgan fingerprint density at radius 1 is 1.75 bits per heavy atom. The Hall–Kier alpha value is -0.600. The highest BCUT2D eigenvalue weighted by atomic mass is 32.1. The molecule has 1 N–H and O–H groups in total. The smallest absolute Gasteiger partial charge is 0.0312 e. The van der Waals surface area contributed by atoms with E-state index >= 15 is 0 Å². The van der Waals surface area contributed by atoms with Crippen molar-refractivity contribution < 1.29 is 0 Å². The van der Waals surface area contributed by atoms with Crippen molar-refractivity contribution in [2.75, 3.05) is 7.05 Å². The molecular weight excluding hydrogens is 166 g/mol. The maximum Gasteiger partial charge on any atom is 0.0312 e. The Morgan fingerprint density at radius 3 is 2.92 bits per heavy atom. The van der Waals surface area contributed by atoms with Gasteiger partial charge in [0.05, 0.1) is 0 Å². The quantitative estimate of drug-likeness (QED) is 0.704. The third kappa shape index (κ3) is 2.47. The van der Waals surface area contributed by atoms with Crippen LogP contribution < -0.4 is 5.32 Å². The highest BCUT2D eigenvalue weighted by molar-refractivity contribution is 7.07. The average molecular weight is 181 g/mol. The van der Waals surface area contributed by atoms with Crippen LogP contribution in [0.1, 0.15) is 12.5 Å². The van der Waals surface area contributed by atoms with Crippen molar-refractivity contribution in [2.45, 2.75) is 19.4 Å². The molecular formula is C10H15NS.